The van der Waals surface area contributed by atoms with Crippen LogP contribution in [-0.4, -0.2) is 27.9 Å². The number of hydrogen-bond acceptors (Lipinski definition) is 2. The molecule has 0 aromatic carbocycles. The molecular formula is C12H29O5P. The van der Waals surface area contributed by atoms with Gasteiger partial charge in [0, 0.05) is 13.2 Å². The van der Waals surface area contributed by atoms with E-state index < -0.39 is 7.82 Å². The van der Waals surface area contributed by atoms with E-state index in [1.54, 1.807) is 0 Å². The van der Waals surface area contributed by atoms with E-state index in [0.717, 1.165) is 13.2 Å². The molecule has 112 valence electrons. The lowest BCUT2D eigenvalue weighted by Crippen LogP contribution is -1.96. The first kappa shape index (κ1) is 20.4. The molecule has 0 rings (SSSR count). The van der Waals surface area contributed by atoms with Crippen LogP contribution in [0, 0.1) is 0 Å². The van der Waals surface area contributed by atoms with Crippen molar-refractivity contribution < 1.29 is 24.0 Å². The van der Waals surface area contributed by atoms with E-state index in [4.69, 9.17) is 24.0 Å². The molecule has 0 spiro atoms. The maximum Gasteiger partial charge on any atom is 0.466 e. The molecule has 5 nitrogen and oxygen atoms in total. The molecule has 0 fully saturated rings. The third-order valence-electron chi connectivity index (χ3n) is 2.28. The monoisotopic (exact) mass is 284 g/mol. The van der Waals surface area contributed by atoms with Crippen LogP contribution in [0.5, 0.6) is 0 Å². The van der Waals surface area contributed by atoms with Crippen molar-refractivity contribution in [3.63, 3.8) is 0 Å². The highest BCUT2D eigenvalue weighted by Gasteiger charge is 2.00. The van der Waals surface area contributed by atoms with Crippen molar-refractivity contribution in [3.8, 4) is 0 Å². The van der Waals surface area contributed by atoms with E-state index >= 15 is 0 Å². The van der Waals surface area contributed by atoms with Gasteiger partial charge in [0.2, 0.25) is 0 Å². The van der Waals surface area contributed by atoms with E-state index in [1.165, 1.54) is 51.4 Å². The molecule has 0 aromatic rings. The second kappa shape index (κ2) is 15.1. The maximum absolute atomic E-state index is 8.88. The summed E-state index contributed by atoms with van der Waals surface area (Å²) in [6.45, 7) is 6.44. The molecule has 0 aliphatic carbocycles. The molecule has 0 saturated carbocycles. The third kappa shape index (κ3) is 36.0. The van der Waals surface area contributed by atoms with Gasteiger partial charge >= 0.3 is 7.82 Å². The average Bonchev–Trinajstić information content (AvgIpc) is 2.25. The molecule has 0 bridgehead atoms. The second-order valence-electron chi connectivity index (χ2n) is 4.25. The highest BCUT2D eigenvalue weighted by molar-refractivity contribution is 7.45. The fraction of sp³-hybridized carbons (Fsp3) is 1.00. The van der Waals surface area contributed by atoms with Crippen LogP contribution in [0.4, 0.5) is 0 Å². The van der Waals surface area contributed by atoms with Gasteiger partial charge in [0.1, 0.15) is 0 Å². The summed E-state index contributed by atoms with van der Waals surface area (Å²) in [6, 6.07) is 0. The van der Waals surface area contributed by atoms with Crippen molar-refractivity contribution in [1.29, 1.82) is 0 Å². The molecule has 0 aliphatic rings. The largest absolute Gasteiger partial charge is 0.466 e. The summed E-state index contributed by atoms with van der Waals surface area (Å²) < 4.78 is 14.4. The first-order chi connectivity index (χ1) is 8.41. The van der Waals surface area contributed by atoms with Gasteiger partial charge in [-0.15, -0.1) is 0 Å². The van der Waals surface area contributed by atoms with Crippen molar-refractivity contribution in [3.05, 3.63) is 0 Å². The molecule has 6 heteroatoms. The smallest absolute Gasteiger partial charge is 0.381 e. The molecule has 0 atom stereocenters. The molecule has 18 heavy (non-hydrogen) atoms. The fourth-order valence-electron chi connectivity index (χ4n) is 1.36. The van der Waals surface area contributed by atoms with Gasteiger partial charge in [-0.25, -0.2) is 4.57 Å². The Balaban J connectivity index is 0. The quantitative estimate of drug-likeness (QED) is 0.423. The van der Waals surface area contributed by atoms with Gasteiger partial charge in [-0.2, -0.15) is 0 Å². The molecule has 0 amide bonds. The van der Waals surface area contributed by atoms with Crippen LogP contribution < -0.4 is 0 Å². The Morgan fingerprint density at radius 2 is 1.11 bits per heavy atom. The van der Waals surface area contributed by atoms with Crippen LogP contribution in [0.2, 0.25) is 0 Å². The zero-order valence-corrected chi connectivity index (χ0v) is 12.6. The van der Waals surface area contributed by atoms with E-state index in [2.05, 4.69) is 13.8 Å². The predicted molar refractivity (Wildman–Crippen MR) is 73.4 cm³/mol. The molecule has 3 N–H and O–H groups in total. The van der Waals surface area contributed by atoms with E-state index in [1.807, 2.05) is 0 Å². The Labute approximate surface area is 111 Å². The highest BCUT2D eigenvalue weighted by atomic mass is 31.2. The molecule has 0 aromatic heterocycles. The minimum absolute atomic E-state index is 0.978. The van der Waals surface area contributed by atoms with Crippen LogP contribution in [-0.2, 0) is 9.30 Å². The SMILES string of the molecule is CCCCCCOCCCCCC.O=P(O)(O)O. The van der Waals surface area contributed by atoms with Gasteiger partial charge in [-0.05, 0) is 12.8 Å². The Morgan fingerprint density at radius 3 is 1.39 bits per heavy atom. The zero-order valence-electron chi connectivity index (χ0n) is 11.7. The summed E-state index contributed by atoms with van der Waals surface area (Å²) >= 11 is 0. The van der Waals surface area contributed by atoms with Crippen LogP contribution in [0.15, 0.2) is 0 Å². The van der Waals surface area contributed by atoms with Crippen molar-refractivity contribution in [1.82, 2.24) is 0 Å². The minimum atomic E-state index is -4.64. The number of unbranched alkanes of at least 4 members (excludes halogenated alkanes) is 6. The Bertz CT molecular complexity index is 175. The normalized spacial score (nSPS) is 10.9. The van der Waals surface area contributed by atoms with Gasteiger partial charge in [0.05, 0.1) is 0 Å². The topological polar surface area (TPSA) is 87.0 Å². The lowest BCUT2D eigenvalue weighted by atomic mass is 10.2. The van der Waals surface area contributed by atoms with Crippen LogP contribution in [0.1, 0.15) is 65.2 Å². The number of ether oxygens (including phenoxy) is 1. The van der Waals surface area contributed by atoms with Crippen molar-refractivity contribution in [2.45, 2.75) is 65.2 Å². The molecule has 0 saturated heterocycles. The second-order valence-corrected chi connectivity index (χ2v) is 5.27. The summed E-state index contributed by atoms with van der Waals surface area (Å²) in [5.41, 5.74) is 0. The van der Waals surface area contributed by atoms with Crippen molar-refractivity contribution >= 4 is 7.82 Å². The van der Waals surface area contributed by atoms with E-state index in [-0.39, 0.29) is 0 Å². The number of rotatable bonds is 10. The Kier molecular flexibility index (Phi) is 17.1. The summed E-state index contributed by atoms with van der Waals surface area (Å²) in [5, 5.41) is 0. The van der Waals surface area contributed by atoms with Gasteiger partial charge in [0.25, 0.3) is 0 Å². The van der Waals surface area contributed by atoms with E-state index in [0.29, 0.717) is 0 Å². The lowest BCUT2D eigenvalue weighted by molar-refractivity contribution is 0.126. The van der Waals surface area contributed by atoms with Crippen molar-refractivity contribution in [2.24, 2.45) is 0 Å². The van der Waals surface area contributed by atoms with Gasteiger partial charge in [-0.3, -0.25) is 0 Å². The first-order valence-electron chi connectivity index (χ1n) is 6.77. The summed E-state index contributed by atoms with van der Waals surface area (Å²) in [4.78, 5) is 21.6. The van der Waals surface area contributed by atoms with E-state index in [9.17, 15) is 0 Å². The summed E-state index contributed by atoms with van der Waals surface area (Å²) in [6.07, 6.45) is 10.5. The van der Waals surface area contributed by atoms with Gasteiger partial charge < -0.3 is 19.4 Å². The fourth-order valence-corrected chi connectivity index (χ4v) is 1.36. The first-order valence-corrected chi connectivity index (χ1v) is 8.34. The van der Waals surface area contributed by atoms with Gasteiger partial charge in [-0.1, -0.05) is 52.4 Å². The average molecular weight is 284 g/mol. The molecule has 0 unspecified atom stereocenters. The molecule has 0 aliphatic heterocycles. The van der Waals surface area contributed by atoms with Crippen LogP contribution in [0.3, 0.4) is 0 Å². The standard InChI is InChI=1S/C12H26O.H3O4P/c1-3-5-7-9-11-13-12-10-8-6-4-2;1-5(2,3)4/h3-12H2,1-2H3;(H3,1,2,3,4). The summed E-state index contributed by atoms with van der Waals surface area (Å²) in [5.74, 6) is 0. The number of phosphoric acid groups is 1. The Morgan fingerprint density at radius 1 is 0.778 bits per heavy atom. The Hall–Kier alpha value is 0.0700. The third-order valence-corrected chi connectivity index (χ3v) is 2.28. The maximum atomic E-state index is 8.88. The summed E-state index contributed by atoms with van der Waals surface area (Å²) in [7, 11) is -4.64. The predicted octanol–water partition coefficient (Wildman–Crippen LogP) is 3.24. The number of hydrogen-bond donors (Lipinski definition) is 3. The van der Waals surface area contributed by atoms with Gasteiger partial charge in [0.15, 0.2) is 0 Å². The van der Waals surface area contributed by atoms with Crippen LogP contribution in [0.25, 0.3) is 0 Å². The molecule has 0 radical (unpaired) electrons. The zero-order chi connectivity index (χ0) is 14.3. The molecule has 0 heterocycles. The minimum Gasteiger partial charge on any atom is -0.381 e. The van der Waals surface area contributed by atoms with Crippen LogP contribution >= 0.6 is 7.82 Å². The highest BCUT2D eigenvalue weighted by Crippen LogP contribution is 2.25. The lowest BCUT2D eigenvalue weighted by Gasteiger charge is -2.03. The van der Waals surface area contributed by atoms with Crippen molar-refractivity contribution in [2.75, 3.05) is 13.2 Å². The molecular weight excluding hydrogens is 255 g/mol.